The van der Waals surface area contributed by atoms with Gasteiger partial charge in [0, 0.05) is 18.0 Å². The van der Waals surface area contributed by atoms with Crippen LogP contribution in [0, 0.1) is 0 Å². The minimum Gasteiger partial charge on any atom is -0.478 e. The van der Waals surface area contributed by atoms with Crippen LogP contribution in [0.4, 0.5) is 0 Å². The van der Waals surface area contributed by atoms with Crippen LogP contribution in [0.1, 0.15) is 13.3 Å². The Bertz CT molecular complexity index is 147. The SMILES string of the molecule is CCCCl.O=C(O)/C=C\C(=O)O. The monoisotopic (exact) mass is 194 g/mol. The van der Waals surface area contributed by atoms with Crippen molar-refractivity contribution in [3.05, 3.63) is 12.2 Å². The molecule has 0 saturated carbocycles. The molecule has 0 atom stereocenters. The molecule has 0 saturated heterocycles. The van der Waals surface area contributed by atoms with Gasteiger partial charge in [0.2, 0.25) is 0 Å². The van der Waals surface area contributed by atoms with Crippen molar-refractivity contribution in [1.82, 2.24) is 0 Å². The van der Waals surface area contributed by atoms with E-state index in [0.717, 1.165) is 12.3 Å². The van der Waals surface area contributed by atoms with Crippen LogP contribution in [0.5, 0.6) is 0 Å². The smallest absolute Gasteiger partial charge is 0.328 e. The quantitative estimate of drug-likeness (QED) is 0.525. The molecule has 70 valence electrons. The zero-order valence-corrected chi connectivity index (χ0v) is 7.41. The van der Waals surface area contributed by atoms with Crippen molar-refractivity contribution in [2.24, 2.45) is 0 Å². The normalized spacial score (nSPS) is 8.83. The summed E-state index contributed by atoms with van der Waals surface area (Å²) < 4.78 is 0. The molecule has 0 heterocycles. The van der Waals surface area contributed by atoms with E-state index in [4.69, 9.17) is 21.8 Å². The second-order valence-electron chi connectivity index (χ2n) is 1.70. The van der Waals surface area contributed by atoms with Crippen molar-refractivity contribution in [3.8, 4) is 0 Å². The zero-order chi connectivity index (χ0) is 9.98. The summed E-state index contributed by atoms with van der Waals surface area (Å²) in [4.78, 5) is 19.1. The summed E-state index contributed by atoms with van der Waals surface area (Å²) in [6.45, 7) is 2.05. The number of hydrogen-bond acceptors (Lipinski definition) is 2. The second-order valence-corrected chi connectivity index (χ2v) is 2.08. The van der Waals surface area contributed by atoms with E-state index in [1.807, 2.05) is 6.92 Å². The molecule has 5 heteroatoms. The molecule has 2 N–H and O–H groups in total. The van der Waals surface area contributed by atoms with Gasteiger partial charge in [0.05, 0.1) is 0 Å². The molecule has 12 heavy (non-hydrogen) atoms. The van der Waals surface area contributed by atoms with Gasteiger partial charge in [-0.2, -0.15) is 0 Å². The number of alkyl halides is 1. The summed E-state index contributed by atoms with van der Waals surface area (Å²) in [5, 5.41) is 15.6. The minimum absolute atomic E-state index is 0.558. The van der Waals surface area contributed by atoms with E-state index in [9.17, 15) is 9.59 Å². The summed E-state index contributed by atoms with van der Waals surface area (Å²) in [5.74, 6) is -1.72. The van der Waals surface area contributed by atoms with Crippen LogP contribution in [0.25, 0.3) is 0 Å². The van der Waals surface area contributed by atoms with Gasteiger partial charge < -0.3 is 10.2 Å². The van der Waals surface area contributed by atoms with Crippen molar-refractivity contribution < 1.29 is 19.8 Å². The van der Waals surface area contributed by atoms with E-state index in [2.05, 4.69) is 0 Å². The maximum Gasteiger partial charge on any atom is 0.328 e. The highest BCUT2D eigenvalue weighted by atomic mass is 35.5. The van der Waals surface area contributed by atoms with Crippen molar-refractivity contribution in [1.29, 1.82) is 0 Å². The number of carbonyl (C=O) groups is 2. The molecule has 0 radical (unpaired) electrons. The van der Waals surface area contributed by atoms with Gasteiger partial charge in [0.15, 0.2) is 0 Å². The maximum absolute atomic E-state index is 9.55. The van der Waals surface area contributed by atoms with Crippen LogP contribution in [0.2, 0.25) is 0 Å². The molecule has 4 nitrogen and oxygen atoms in total. The first-order valence-corrected chi connectivity index (χ1v) is 3.78. The van der Waals surface area contributed by atoms with E-state index in [1.54, 1.807) is 0 Å². The fourth-order valence-corrected chi connectivity index (χ4v) is 0.143. The molecule has 0 fully saturated rings. The Morgan fingerprint density at radius 3 is 1.58 bits per heavy atom. The standard InChI is InChI=1S/C4H4O4.C3H7Cl/c5-3(6)1-2-4(7)8;1-2-3-4/h1-2H,(H,5,6)(H,7,8);2-3H2,1H3/b2-1-;. The molecule has 0 aromatic rings. The molecule has 0 aromatic heterocycles. The third kappa shape index (κ3) is 23.1. The third-order valence-electron chi connectivity index (χ3n) is 0.557. The first kappa shape index (κ1) is 13.6. The topological polar surface area (TPSA) is 74.6 Å². The lowest BCUT2D eigenvalue weighted by Gasteiger charge is -1.74. The van der Waals surface area contributed by atoms with E-state index >= 15 is 0 Å². The first-order chi connectivity index (χ1) is 5.54. The largest absolute Gasteiger partial charge is 0.478 e. The average Bonchev–Trinajstić information content (AvgIpc) is 2.01. The summed E-state index contributed by atoms with van der Waals surface area (Å²) in [5.41, 5.74) is 0. The van der Waals surface area contributed by atoms with Crippen molar-refractivity contribution >= 4 is 23.5 Å². The van der Waals surface area contributed by atoms with Gasteiger partial charge in [-0.3, -0.25) is 0 Å². The Morgan fingerprint density at radius 2 is 1.50 bits per heavy atom. The molecule has 0 spiro atoms. The summed E-state index contributed by atoms with van der Waals surface area (Å²) >= 11 is 5.19. The summed E-state index contributed by atoms with van der Waals surface area (Å²) in [6, 6.07) is 0. The average molecular weight is 195 g/mol. The van der Waals surface area contributed by atoms with Crippen molar-refractivity contribution in [3.63, 3.8) is 0 Å². The third-order valence-corrected chi connectivity index (χ3v) is 0.935. The predicted molar refractivity (Wildman–Crippen MR) is 45.4 cm³/mol. The lowest BCUT2D eigenvalue weighted by molar-refractivity contribution is -0.134. The maximum atomic E-state index is 9.55. The predicted octanol–water partition coefficient (Wildman–Crippen LogP) is 1.35. The molecule has 0 rings (SSSR count). The summed E-state index contributed by atoms with van der Waals surface area (Å²) in [6.07, 6.45) is 2.20. The van der Waals surface area contributed by atoms with Crippen LogP contribution >= 0.6 is 11.6 Å². The van der Waals surface area contributed by atoms with Gasteiger partial charge >= 0.3 is 11.9 Å². The molecule has 0 aromatic carbocycles. The molecule has 0 aliphatic heterocycles. The van der Waals surface area contributed by atoms with Gasteiger partial charge in [-0.25, -0.2) is 9.59 Å². The van der Waals surface area contributed by atoms with E-state index < -0.39 is 11.9 Å². The molecular weight excluding hydrogens is 184 g/mol. The van der Waals surface area contributed by atoms with Gasteiger partial charge in [0.25, 0.3) is 0 Å². The highest BCUT2D eigenvalue weighted by Gasteiger charge is 1.88. The lowest BCUT2D eigenvalue weighted by atomic mass is 10.5. The molecule has 0 bridgehead atoms. The molecule has 0 aliphatic carbocycles. The Labute approximate surface area is 75.5 Å². The number of rotatable bonds is 3. The fraction of sp³-hybridized carbons (Fsp3) is 0.429. The molecular formula is C7H11ClO4. The second kappa shape index (κ2) is 9.97. The summed E-state index contributed by atoms with van der Waals surface area (Å²) in [7, 11) is 0. The fourth-order valence-electron chi connectivity index (χ4n) is 0.143. The number of carboxylic acids is 2. The van der Waals surface area contributed by atoms with Crippen LogP contribution in [-0.4, -0.2) is 28.0 Å². The van der Waals surface area contributed by atoms with Crippen LogP contribution in [0.3, 0.4) is 0 Å². The Morgan fingerprint density at radius 1 is 1.25 bits per heavy atom. The number of halogens is 1. The van der Waals surface area contributed by atoms with Crippen LogP contribution in [0.15, 0.2) is 12.2 Å². The Kier molecular flexibility index (Phi) is 11.3. The van der Waals surface area contributed by atoms with E-state index in [1.165, 1.54) is 0 Å². The van der Waals surface area contributed by atoms with Gasteiger partial charge in [-0.1, -0.05) is 6.92 Å². The molecule has 0 amide bonds. The number of hydrogen-bond donors (Lipinski definition) is 2. The Hall–Kier alpha value is -1.03. The van der Waals surface area contributed by atoms with Gasteiger partial charge in [0.1, 0.15) is 0 Å². The highest BCUT2D eigenvalue weighted by molar-refractivity contribution is 6.17. The Balaban J connectivity index is 0. The van der Waals surface area contributed by atoms with Crippen molar-refractivity contribution in [2.75, 3.05) is 5.88 Å². The van der Waals surface area contributed by atoms with Crippen LogP contribution in [-0.2, 0) is 9.59 Å². The molecule has 0 aliphatic rings. The minimum atomic E-state index is -1.26. The first-order valence-electron chi connectivity index (χ1n) is 3.24. The van der Waals surface area contributed by atoms with E-state index in [-0.39, 0.29) is 0 Å². The lowest BCUT2D eigenvalue weighted by Crippen LogP contribution is -1.91. The zero-order valence-electron chi connectivity index (χ0n) is 6.66. The van der Waals surface area contributed by atoms with Gasteiger partial charge in [-0.05, 0) is 6.42 Å². The number of carboxylic acid groups (broad SMARTS) is 2. The highest BCUT2D eigenvalue weighted by Crippen LogP contribution is 1.75. The number of aliphatic carboxylic acids is 2. The van der Waals surface area contributed by atoms with Crippen molar-refractivity contribution in [2.45, 2.75) is 13.3 Å². The van der Waals surface area contributed by atoms with Crippen LogP contribution < -0.4 is 0 Å². The molecule has 0 unspecified atom stereocenters. The van der Waals surface area contributed by atoms with E-state index in [0.29, 0.717) is 12.2 Å². The van der Waals surface area contributed by atoms with Gasteiger partial charge in [-0.15, -0.1) is 11.6 Å².